The minimum absolute atomic E-state index is 0.0302. The molecular weight excluding hydrogens is 628 g/mol. The summed E-state index contributed by atoms with van der Waals surface area (Å²) in [4.78, 5) is 41.3. The Morgan fingerprint density at radius 2 is 1.77 bits per heavy atom. The summed E-state index contributed by atoms with van der Waals surface area (Å²) in [6, 6.07) is 21.3. The van der Waals surface area contributed by atoms with Gasteiger partial charge in [-0.2, -0.15) is 0 Å². The van der Waals surface area contributed by atoms with Crippen LogP contribution in [0.15, 0.2) is 84.9 Å². The molecule has 8 nitrogen and oxygen atoms in total. The van der Waals surface area contributed by atoms with E-state index in [-0.39, 0.29) is 25.3 Å². The van der Waals surface area contributed by atoms with Gasteiger partial charge in [0, 0.05) is 9.99 Å². The zero-order valence-corrected chi connectivity index (χ0v) is 23.3. The molecule has 1 saturated heterocycles. The first kappa shape index (κ1) is 27.5. The summed E-state index contributed by atoms with van der Waals surface area (Å²) in [7, 11) is 0. The number of fused-ring (bicyclic) bond motifs is 1. The Morgan fingerprint density at radius 1 is 1.02 bits per heavy atom. The van der Waals surface area contributed by atoms with Gasteiger partial charge in [-0.1, -0.05) is 54.6 Å². The van der Waals surface area contributed by atoms with Gasteiger partial charge in [-0.15, -0.1) is 0 Å². The fourth-order valence-corrected chi connectivity index (χ4v) is 5.09. The van der Waals surface area contributed by atoms with Crippen molar-refractivity contribution in [2.24, 2.45) is 0 Å². The highest BCUT2D eigenvalue weighted by atomic mass is 127. The quantitative estimate of drug-likeness (QED) is 0.178. The lowest BCUT2D eigenvalue weighted by Gasteiger charge is -2.25. The van der Waals surface area contributed by atoms with Crippen LogP contribution >= 0.6 is 22.6 Å². The Bertz CT molecular complexity index is 1580. The van der Waals surface area contributed by atoms with Crippen LogP contribution < -0.4 is 15.4 Å². The summed E-state index contributed by atoms with van der Waals surface area (Å²) < 4.78 is 20.6. The number of aliphatic hydroxyl groups is 1. The SMILES string of the molecule is O=C(Nc1ccc(I)cc1F)C(Cc1ccc2ccccc2c1)N1C(=O)N[C@H](c2ccc(OCCO)cc2)C1=O. The first-order chi connectivity index (χ1) is 19.3. The first-order valence-corrected chi connectivity index (χ1v) is 13.6. The molecule has 0 radical (unpaired) electrons. The molecule has 0 saturated carbocycles. The zero-order chi connectivity index (χ0) is 28.2. The first-order valence-electron chi connectivity index (χ1n) is 12.5. The van der Waals surface area contributed by atoms with E-state index in [9.17, 15) is 18.8 Å². The number of amides is 4. The molecule has 0 bridgehead atoms. The van der Waals surface area contributed by atoms with Gasteiger partial charge in [0.25, 0.3) is 5.91 Å². The van der Waals surface area contributed by atoms with Crippen molar-refractivity contribution in [2.45, 2.75) is 18.5 Å². The molecule has 1 heterocycles. The number of nitrogens with one attached hydrogen (secondary N) is 2. The van der Waals surface area contributed by atoms with Crippen molar-refractivity contribution in [3.8, 4) is 5.75 Å². The molecule has 1 fully saturated rings. The highest BCUT2D eigenvalue weighted by Gasteiger charge is 2.45. The second-order valence-electron chi connectivity index (χ2n) is 9.25. The number of imide groups is 1. The van der Waals surface area contributed by atoms with Crippen LogP contribution in [0.3, 0.4) is 0 Å². The summed E-state index contributed by atoms with van der Waals surface area (Å²) in [6.07, 6.45) is 0.0302. The predicted octanol–water partition coefficient (Wildman–Crippen LogP) is 4.80. The van der Waals surface area contributed by atoms with Gasteiger partial charge in [0.15, 0.2) is 0 Å². The lowest BCUT2D eigenvalue weighted by Crippen LogP contribution is -2.49. The third kappa shape index (κ3) is 5.92. The van der Waals surface area contributed by atoms with Crippen molar-refractivity contribution in [2.75, 3.05) is 18.5 Å². The van der Waals surface area contributed by atoms with Crippen molar-refractivity contribution < 1.29 is 28.6 Å². The highest BCUT2D eigenvalue weighted by molar-refractivity contribution is 14.1. The lowest BCUT2D eigenvalue weighted by molar-refractivity contribution is -0.134. The summed E-state index contributed by atoms with van der Waals surface area (Å²) in [5.41, 5.74) is 1.19. The molecule has 204 valence electrons. The normalized spacial score (nSPS) is 15.7. The number of hydrogen-bond acceptors (Lipinski definition) is 5. The average molecular weight is 653 g/mol. The number of urea groups is 1. The zero-order valence-electron chi connectivity index (χ0n) is 21.1. The minimum atomic E-state index is -1.25. The minimum Gasteiger partial charge on any atom is -0.491 e. The summed E-state index contributed by atoms with van der Waals surface area (Å²) in [5.74, 6) is -1.41. The second-order valence-corrected chi connectivity index (χ2v) is 10.5. The van der Waals surface area contributed by atoms with Crippen LogP contribution in [0, 0.1) is 9.39 Å². The Kier molecular flexibility index (Phi) is 8.27. The number of hydrogen-bond donors (Lipinski definition) is 3. The van der Waals surface area contributed by atoms with Gasteiger partial charge in [-0.05, 0) is 74.8 Å². The maximum absolute atomic E-state index is 14.6. The van der Waals surface area contributed by atoms with Gasteiger partial charge < -0.3 is 20.5 Å². The van der Waals surface area contributed by atoms with Crippen LogP contribution in [0.4, 0.5) is 14.9 Å². The molecule has 10 heteroatoms. The van der Waals surface area contributed by atoms with Crippen LogP contribution in [-0.2, 0) is 16.0 Å². The number of carbonyl (C=O) groups is 3. The molecule has 4 aromatic rings. The smallest absolute Gasteiger partial charge is 0.325 e. The summed E-state index contributed by atoms with van der Waals surface area (Å²) >= 11 is 1.97. The molecule has 40 heavy (non-hydrogen) atoms. The third-order valence-corrected chi connectivity index (χ3v) is 7.26. The Balaban J connectivity index is 1.45. The van der Waals surface area contributed by atoms with Crippen molar-refractivity contribution in [3.05, 3.63) is 105 Å². The molecule has 5 rings (SSSR count). The van der Waals surface area contributed by atoms with Crippen molar-refractivity contribution >= 4 is 56.9 Å². The molecule has 4 amide bonds. The van der Waals surface area contributed by atoms with Gasteiger partial charge in [0.05, 0.1) is 12.3 Å². The van der Waals surface area contributed by atoms with Gasteiger partial charge >= 0.3 is 6.03 Å². The van der Waals surface area contributed by atoms with E-state index in [0.717, 1.165) is 21.2 Å². The van der Waals surface area contributed by atoms with E-state index in [2.05, 4.69) is 10.6 Å². The molecule has 2 atom stereocenters. The molecule has 4 aromatic carbocycles. The number of rotatable bonds is 9. The third-order valence-electron chi connectivity index (χ3n) is 6.59. The summed E-state index contributed by atoms with van der Waals surface area (Å²) in [5, 5.41) is 16.1. The number of benzene rings is 4. The number of aliphatic hydroxyl groups excluding tert-OH is 1. The maximum atomic E-state index is 14.6. The summed E-state index contributed by atoms with van der Waals surface area (Å²) in [6.45, 7) is -0.0143. The lowest BCUT2D eigenvalue weighted by atomic mass is 9.99. The highest BCUT2D eigenvalue weighted by Crippen LogP contribution is 2.28. The molecule has 3 N–H and O–H groups in total. The van der Waals surface area contributed by atoms with Crippen LogP contribution in [-0.4, -0.2) is 47.1 Å². The van der Waals surface area contributed by atoms with E-state index in [4.69, 9.17) is 9.84 Å². The number of carbonyl (C=O) groups excluding carboxylic acids is 3. The standard InChI is InChI=1S/C30H25FIN3O5/c31-24-17-22(32)9-12-25(24)33-28(37)26(16-18-5-6-19-3-1-2-4-21(19)15-18)35-29(38)27(34-30(35)39)20-7-10-23(11-8-20)40-14-13-36/h1-12,15,17,26-27,36H,13-14,16H2,(H,33,37)(H,34,39)/t26?,27-/m1/s1. The Morgan fingerprint density at radius 3 is 2.50 bits per heavy atom. The topological polar surface area (TPSA) is 108 Å². The molecule has 1 aliphatic heterocycles. The van der Waals surface area contributed by atoms with Gasteiger partial charge in [0.2, 0.25) is 5.91 Å². The van der Waals surface area contributed by atoms with Crippen LogP contribution in [0.2, 0.25) is 0 Å². The van der Waals surface area contributed by atoms with Crippen molar-refractivity contribution in [1.82, 2.24) is 10.2 Å². The van der Waals surface area contributed by atoms with Crippen LogP contribution in [0.1, 0.15) is 17.2 Å². The Hall–Kier alpha value is -4.03. The van der Waals surface area contributed by atoms with E-state index in [1.807, 2.05) is 65.1 Å². The Labute approximate surface area is 243 Å². The molecule has 1 aliphatic rings. The van der Waals surface area contributed by atoms with Crippen molar-refractivity contribution in [1.29, 1.82) is 0 Å². The van der Waals surface area contributed by atoms with E-state index < -0.39 is 35.7 Å². The fraction of sp³-hybridized carbons (Fsp3) is 0.167. The largest absolute Gasteiger partial charge is 0.491 e. The van der Waals surface area contributed by atoms with E-state index in [1.165, 1.54) is 12.1 Å². The van der Waals surface area contributed by atoms with Gasteiger partial charge in [-0.3, -0.25) is 9.59 Å². The van der Waals surface area contributed by atoms with Gasteiger partial charge in [0.1, 0.15) is 30.3 Å². The van der Waals surface area contributed by atoms with Gasteiger partial charge in [-0.25, -0.2) is 14.1 Å². The number of halogens is 2. The van der Waals surface area contributed by atoms with Crippen molar-refractivity contribution in [3.63, 3.8) is 0 Å². The average Bonchev–Trinajstić information content (AvgIpc) is 3.25. The molecular formula is C30H25FIN3O5. The number of nitrogens with zero attached hydrogens (tertiary/aromatic N) is 1. The monoisotopic (exact) mass is 653 g/mol. The van der Waals surface area contributed by atoms with Crippen LogP contribution in [0.5, 0.6) is 5.75 Å². The predicted molar refractivity (Wildman–Crippen MR) is 156 cm³/mol. The molecule has 0 aliphatic carbocycles. The van der Waals surface area contributed by atoms with Crippen LogP contribution in [0.25, 0.3) is 10.8 Å². The molecule has 0 spiro atoms. The number of anilines is 1. The van der Waals surface area contributed by atoms with E-state index >= 15 is 0 Å². The second kappa shape index (κ2) is 12.0. The van der Waals surface area contributed by atoms with E-state index in [1.54, 1.807) is 30.3 Å². The fourth-order valence-electron chi connectivity index (χ4n) is 4.63. The number of ether oxygens (including phenoxy) is 1. The molecule has 1 unspecified atom stereocenters. The molecule has 0 aromatic heterocycles. The van der Waals surface area contributed by atoms with E-state index in [0.29, 0.717) is 14.9 Å². The maximum Gasteiger partial charge on any atom is 0.325 e.